The van der Waals surface area contributed by atoms with Crippen LogP contribution in [-0.4, -0.2) is 44.5 Å². The van der Waals surface area contributed by atoms with Crippen LogP contribution in [0.3, 0.4) is 0 Å². The molecule has 2 aromatic heterocycles. The molecule has 0 fully saturated rings. The molecule has 6 nitrogen and oxygen atoms in total. The summed E-state index contributed by atoms with van der Waals surface area (Å²) in [5, 5.41) is 13.0. The van der Waals surface area contributed by atoms with E-state index in [1.54, 1.807) is 12.3 Å². The third kappa shape index (κ3) is 3.27. The quantitative estimate of drug-likeness (QED) is 0.909. The maximum Gasteiger partial charge on any atom is 0.407 e. The van der Waals surface area contributed by atoms with Gasteiger partial charge in [0, 0.05) is 26.2 Å². The number of hydrogen-bond donors (Lipinski definition) is 1. The van der Waals surface area contributed by atoms with Crippen LogP contribution < -0.4 is 0 Å². The monoisotopic (exact) mass is 264 g/mol. The van der Waals surface area contributed by atoms with Crippen LogP contribution in [0.4, 0.5) is 9.18 Å². The summed E-state index contributed by atoms with van der Waals surface area (Å²) in [5.41, 5.74) is 0.749. The number of aromatic nitrogens is 3. The van der Waals surface area contributed by atoms with Crippen molar-refractivity contribution in [1.82, 2.24) is 19.7 Å². The Balaban J connectivity index is 2.03. The zero-order valence-electron chi connectivity index (χ0n) is 10.3. The van der Waals surface area contributed by atoms with Crippen molar-refractivity contribution >= 4 is 6.09 Å². The lowest BCUT2D eigenvalue weighted by atomic mass is 10.3. The van der Waals surface area contributed by atoms with Gasteiger partial charge in [0.25, 0.3) is 0 Å². The average molecular weight is 264 g/mol. The highest BCUT2D eigenvalue weighted by molar-refractivity contribution is 5.64. The Labute approximate surface area is 109 Å². The summed E-state index contributed by atoms with van der Waals surface area (Å²) in [6, 6.07) is 4.61. The SMILES string of the molecule is CN(CCc1ccn(-c2ccc(F)cn2)n1)C(=O)O. The van der Waals surface area contributed by atoms with Gasteiger partial charge in [0.1, 0.15) is 5.82 Å². The van der Waals surface area contributed by atoms with Crippen LogP contribution in [0.15, 0.2) is 30.6 Å². The molecule has 1 amide bonds. The summed E-state index contributed by atoms with van der Waals surface area (Å²) in [4.78, 5) is 15.7. The summed E-state index contributed by atoms with van der Waals surface area (Å²) in [7, 11) is 1.50. The Morgan fingerprint density at radius 1 is 1.47 bits per heavy atom. The van der Waals surface area contributed by atoms with Crippen LogP contribution in [0.5, 0.6) is 0 Å². The third-order valence-corrected chi connectivity index (χ3v) is 2.62. The molecular weight excluding hydrogens is 251 g/mol. The maximum absolute atomic E-state index is 12.7. The van der Waals surface area contributed by atoms with Gasteiger partial charge in [-0.3, -0.25) is 0 Å². The first kappa shape index (κ1) is 13.0. The minimum Gasteiger partial charge on any atom is -0.465 e. The summed E-state index contributed by atoms with van der Waals surface area (Å²) in [6.45, 7) is 0.364. The topological polar surface area (TPSA) is 71.2 Å². The number of rotatable bonds is 4. The van der Waals surface area contributed by atoms with Gasteiger partial charge >= 0.3 is 6.09 Å². The maximum atomic E-state index is 12.7. The standard InChI is InChI=1S/C12H13FN4O2/c1-16(12(18)19)6-4-10-5-7-17(15-10)11-3-2-9(13)8-14-11/h2-3,5,7-8H,4,6H2,1H3,(H,18,19). The van der Waals surface area contributed by atoms with Gasteiger partial charge in [0.05, 0.1) is 11.9 Å². The van der Waals surface area contributed by atoms with Gasteiger partial charge in [-0.1, -0.05) is 0 Å². The van der Waals surface area contributed by atoms with Crippen molar-refractivity contribution in [2.75, 3.05) is 13.6 Å². The van der Waals surface area contributed by atoms with Crippen molar-refractivity contribution < 1.29 is 14.3 Å². The predicted molar refractivity (Wildman–Crippen MR) is 65.7 cm³/mol. The largest absolute Gasteiger partial charge is 0.465 e. The van der Waals surface area contributed by atoms with E-state index in [0.717, 1.165) is 11.9 Å². The lowest BCUT2D eigenvalue weighted by Gasteiger charge is -2.10. The molecule has 2 rings (SSSR count). The van der Waals surface area contributed by atoms with Crippen LogP contribution in [0.2, 0.25) is 0 Å². The van der Waals surface area contributed by atoms with E-state index in [2.05, 4.69) is 10.1 Å². The van der Waals surface area contributed by atoms with Crippen molar-refractivity contribution in [2.45, 2.75) is 6.42 Å². The Bertz CT molecular complexity index is 567. The Kier molecular flexibility index (Phi) is 3.74. The molecule has 0 saturated carbocycles. The van der Waals surface area contributed by atoms with E-state index in [4.69, 9.17) is 5.11 Å². The number of amides is 1. The second kappa shape index (κ2) is 5.47. The highest BCUT2D eigenvalue weighted by Gasteiger charge is 2.07. The Morgan fingerprint density at radius 2 is 2.26 bits per heavy atom. The van der Waals surface area contributed by atoms with Gasteiger partial charge < -0.3 is 10.0 Å². The number of halogens is 1. The summed E-state index contributed by atoms with van der Waals surface area (Å²) in [6.07, 6.45) is 2.36. The first-order valence-electron chi connectivity index (χ1n) is 5.67. The molecule has 7 heteroatoms. The highest BCUT2D eigenvalue weighted by atomic mass is 19.1. The molecule has 0 aliphatic heterocycles. The molecule has 0 saturated heterocycles. The van der Waals surface area contributed by atoms with Crippen LogP contribution >= 0.6 is 0 Å². The lowest BCUT2D eigenvalue weighted by Crippen LogP contribution is -2.26. The van der Waals surface area contributed by atoms with Crippen molar-refractivity contribution in [2.24, 2.45) is 0 Å². The fraction of sp³-hybridized carbons (Fsp3) is 0.250. The van der Waals surface area contributed by atoms with E-state index in [1.807, 2.05) is 0 Å². The van der Waals surface area contributed by atoms with Crippen molar-refractivity contribution in [3.63, 3.8) is 0 Å². The molecule has 0 aromatic carbocycles. The van der Waals surface area contributed by atoms with Gasteiger partial charge in [-0.2, -0.15) is 5.10 Å². The Hall–Kier alpha value is -2.44. The number of pyridine rings is 1. The smallest absolute Gasteiger partial charge is 0.407 e. The zero-order valence-corrected chi connectivity index (χ0v) is 10.3. The van der Waals surface area contributed by atoms with Gasteiger partial charge in [-0.05, 0) is 18.2 Å². The normalized spacial score (nSPS) is 10.4. The number of nitrogens with zero attached hydrogens (tertiary/aromatic N) is 4. The van der Waals surface area contributed by atoms with Gasteiger partial charge in [0.15, 0.2) is 5.82 Å². The van der Waals surface area contributed by atoms with Crippen molar-refractivity contribution in [3.8, 4) is 5.82 Å². The molecule has 0 radical (unpaired) electrons. The third-order valence-electron chi connectivity index (χ3n) is 2.62. The fourth-order valence-electron chi connectivity index (χ4n) is 1.50. The second-order valence-electron chi connectivity index (χ2n) is 4.04. The molecule has 2 heterocycles. The summed E-state index contributed by atoms with van der Waals surface area (Å²) < 4.78 is 14.3. The number of carbonyl (C=O) groups is 1. The highest BCUT2D eigenvalue weighted by Crippen LogP contribution is 2.06. The minimum atomic E-state index is -0.973. The second-order valence-corrected chi connectivity index (χ2v) is 4.04. The fourth-order valence-corrected chi connectivity index (χ4v) is 1.50. The van der Waals surface area contributed by atoms with Gasteiger partial charge in [-0.15, -0.1) is 0 Å². The van der Waals surface area contributed by atoms with E-state index in [0.29, 0.717) is 18.8 Å². The molecule has 0 atom stereocenters. The molecule has 0 unspecified atom stereocenters. The summed E-state index contributed by atoms with van der Waals surface area (Å²) >= 11 is 0. The Morgan fingerprint density at radius 3 is 2.89 bits per heavy atom. The molecule has 2 aromatic rings. The zero-order chi connectivity index (χ0) is 13.8. The molecule has 0 bridgehead atoms. The first-order valence-corrected chi connectivity index (χ1v) is 5.67. The average Bonchev–Trinajstić information content (AvgIpc) is 2.85. The van der Waals surface area contributed by atoms with E-state index in [1.165, 1.54) is 28.8 Å². The minimum absolute atomic E-state index is 0.364. The molecule has 1 N–H and O–H groups in total. The summed E-state index contributed by atoms with van der Waals surface area (Å²) in [5.74, 6) is 0.110. The molecule has 0 aliphatic carbocycles. The number of likely N-dealkylation sites (N-methyl/N-ethyl adjacent to an activating group) is 1. The molecule has 0 spiro atoms. The lowest BCUT2D eigenvalue weighted by molar-refractivity contribution is 0.156. The molecular formula is C12H13FN4O2. The van der Waals surface area contributed by atoms with Crippen molar-refractivity contribution in [1.29, 1.82) is 0 Å². The van der Waals surface area contributed by atoms with Crippen LogP contribution in [0.1, 0.15) is 5.69 Å². The van der Waals surface area contributed by atoms with Crippen LogP contribution in [0.25, 0.3) is 5.82 Å². The van der Waals surface area contributed by atoms with Gasteiger partial charge in [-0.25, -0.2) is 18.9 Å². The first-order chi connectivity index (χ1) is 9.06. The van der Waals surface area contributed by atoms with E-state index < -0.39 is 11.9 Å². The molecule has 100 valence electrons. The van der Waals surface area contributed by atoms with Crippen molar-refractivity contribution in [3.05, 3.63) is 42.1 Å². The van der Waals surface area contributed by atoms with E-state index >= 15 is 0 Å². The van der Waals surface area contributed by atoms with Gasteiger partial charge in [0.2, 0.25) is 0 Å². The number of hydrogen-bond acceptors (Lipinski definition) is 3. The number of carboxylic acid groups (broad SMARTS) is 1. The molecule has 0 aliphatic rings. The van der Waals surface area contributed by atoms with Crippen LogP contribution in [-0.2, 0) is 6.42 Å². The molecule has 19 heavy (non-hydrogen) atoms. The van der Waals surface area contributed by atoms with E-state index in [-0.39, 0.29) is 0 Å². The predicted octanol–water partition coefficient (Wildman–Crippen LogP) is 1.56. The van der Waals surface area contributed by atoms with E-state index in [9.17, 15) is 9.18 Å². The van der Waals surface area contributed by atoms with Crippen LogP contribution in [0, 0.1) is 5.82 Å².